The Morgan fingerprint density at radius 1 is 1.18 bits per heavy atom. The lowest BCUT2D eigenvalue weighted by Gasteiger charge is -2.32. The minimum Gasteiger partial charge on any atom is -0.444 e. The molecule has 2 aromatic rings. The molecular weight excluding hydrogens is 424 g/mol. The first kappa shape index (κ1) is 23.8. The van der Waals surface area contributed by atoms with Crippen molar-refractivity contribution in [1.82, 2.24) is 14.9 Å². The van der Waals surface area contributed by atoms with Crippen LogP contribution in [-0.2, 0) is 14.0 Å². The summed E-state index contributed by atoms with van der Waals surface area (Å²) in [5, 5.41) is 0. The highest BCUT2D eigenvalue weighted by molar-refractivity contribution is 6.62. The average molecular weight is 457 g/mol. The molecule has 3 heterocycles. The maximum atomic E-state index is 14.2. The molecule has 2 atom stereocenters. The normalized spacial score (nSPS) is 24.4. The summed E-state index contributed by atoms with van der Waals surface area (Å²) in [4.78, 5) is 21.7. The molecule has 0 radical (unpaired) electrons. The molecular formula is C24H33BFN3O4. The number of nitrogens with one attached hydrogen (secondary N) is 1. The maximum Gasteiger partial charge on any atom is 0.494 e. The quantitative estimate of drug-likeness (QED) is 0.692. The molecule has 0 unspecified atom stereocenters. The largest absolute Gasteiger partial charge is 0.494 e. The van der Waals surface area contributed by atoms with Crippen LogP contribution in [0.25, 0.3) is 11.3 Å². The van der Waals surface area contributed by atoms with Crippen LogP contribution in [0.1, 0.15) is 66.8 Å². The summed E-state index contributed by atoms with van der Waals surface area (Å²) < 4.78 is 31.9. The fourth-order valence-electron chi connectivity index (χ4n) is 4.02. The van der Waals surface area contributed by atoms with E-state index in [2.05, 4.69) is 9.97 Å². The zero-order chi connectivity index (χ0) is 24.2. The lowest BCUT2D eigenvalue weighted by molar-refractivity contribution is 0.00578. The molecule has 178 valence electrons. The summed E-state index contributed by atoms with van der Waals surface area (Å²) >= 11 is 0. The van der Waals surface area contributed by atoms with Crippen LogP contribution in [0.3, 0.4) is 0 Å². The van der Waals surface area contributed by atoms with Crippen molar-refractivity contribution in [2.75, 3.05) is 6.54 Å². The van der Waals surface area contributed by atoms with Gasteiger partial charge in [0, 0.05) is 6.42 Å². The van der Waals surface area contributed by atoms with Crippen molar-refractivity contribution in [3.05, 3.63) is 36.3 Å². The van der Waals surface area contributed by atoms with Crippen molar-refractivity contribution < 1.29 is 23.2 Å². The third-order valence-electron chi connectivity index (χ3n) is 6.54. The highest BCUT2D eigenvalue weighted by atomic mass is 19.1. The number of halogens is 1. The van der Waals surface area contributed by atoms with E-state index in [1.54, 1.807) is 27.0 Å². The number of rotatable bonds is 3. The standard InChI is InChI=1S/C24H33BFN3O4/c1-22(2,3)31-21(30)29-14-17(26)12-19(29)20-27-13-18(28-20)15-8-10-16(11-9-15)25-32-23(4,5)24(6,7)33-25/h8-11,13,17,19H,12,14H2,1-7H3,(H,27,28)/t17-,19+/m1/s1. The molecule has 2 fully saturated rings. The minimum absolute atomic E-state index is 0.00159. The van der Waals surface area contributed by atoms with E-state index in [0.29, 0.717) is 5.82 Å². The molecule has 33 heavy (non-hydrogen) atoms. The fraction of sp³-hybridized carbons (Fsp3) is 0.583. The van der Waals surface area contributed by atoms with E-state index < -0.39 is 42.2 Å². The van der Waals surface area contributed by atoms with Crippen LogP contribution in [0.2, 0.25) is 0 Å². The average Bonchev–Trinajstić information content (AvgIpc) is 3.37. The highest BCUT2D eigenvalue weighted by Gasteiger charge is 2.51. The molecule has 1 N–H and O–H groups in total. The first-order chi connectivity index (χ1) is 15.3. The number of carbonyl (C=O) groups is 1. The predicted octanol–water partition coefficient (Wildman–Crippen LogP) is 4.40. The number of aromatic amines is 1. The van der Waals surface area contributed by atoms with E-state index in [-0.39, 0.29) is 13.0 Å². The van der Waals surface area contributed by atoms with E-state index in [0.717, 1.165) is 16.7 Å². The number of amides is 1. The molecule has 2 saturated heterocycles. The smallest absolute Gasteiger partial charge is 0.444 e. The highest BCUT2D eigenvalue weighted by Crippen LogP contribution is 2.37. The summed E-state index contributed by atoms with van der Waals surface area (Å²) in [6.45, 7) is 13.5. The van der Waals surface area contributed by atoms with Gasteiger partial charge in [0.05, 0.1) is 35.7 Å². The van der Waals surface area contributed by atoms with Gasteiger partial charge in [-0.1, -0.05) is 24.3 Å². The number of carbonyl (C=O) groups excluding carboxylic acids is 1. The van der Waals surface area contributed by atoms with Crippen molar-refractivity contribution in [2.45, 2.75) is 83.9 Å². The molecule has 0 saturated carbocycles. The van der Waals surface area contributed by atoms with Gasteiger partial charge in [0.2, 0.25) is 0 Å². The molecule has 2 aliphatic heterocycles. The molecule has 0 bridgehead atoms. The van der Waals surface area contributed by atoms with Crippen molar-refractivity contribution in [2.24, 2.45) is 0 Å². The maximum absolute atomic E-state index is 14.2. The van der Waals surface area contributed by atoms with E-state index in [1.165, 1.54) is 4.90 Å². The van der Waals surface area contributed by atoms with Crippen LogP contribution in [0.15, 0.2) is 30.5 Å². The zero-order valence-electron chi connectivity index (χ0n) is 20.4. The Morgan fingerprint density at radius 2 is 1.79 bits per heavy atom. The Bertz CT molecular complexity index is 999. The summed E-state index contributed by atoms with van der Waals surface area (Å²) in [7, 11) is -0.427. The van der Waals surface area contributed by atoms with Gasteiger partial charge in [0.25, 0.3) is 0 Å². The van der Waals surface area contributed by atoms with Gasteiger partial charge in [0.1, 0.15) is 17.6 Å². The van der Waals surface area contributed by atoms with Crippen LogP contribution in [0.5, 0.6) is 0 Å². The molecule has 7 nitrogen and oxygen atoms in total. The first-order valence-electron chi connectivity index (χ1n) is 11.4. The number of benzene rings is 1. The second kappa shape index (κ2) is 8.13. The van der Waals surface area contributed by atoms with Crippen LogP contribution >= 0.6 is 0 Å². The number of nitrogens with zero attached hydrogens (tertiary/aromatic N) is 2. The molecule has 1 aromatic carbocycles. The molecule has 9 heteroatoms. The van der Waals surface area contributed by atoms with Gasteiger partial charge in [-0.3, -0.25) is 4.90 Å². The van der Waals surface area contributed by atoms with Gasteiger partial charge in [-0.15, -0.1) is 0 Å². The van der Waals surface area contributed by atoms with Crippen LogP contribution in [0, 0.1) is 0 Å². The monoisotopic (exact) mass is 457 g/mol. The van der Waals surface area contributed by atoms with Crippen LogP contribution in [0.4, 0.5) is 9.18 Å². The molecule has 1 aromatic heterocycles. The van der Waals surface area contributed by atoms with Crippen LogP contribution in [-0.4, -0.2) is 57.6 Å². The van der Waals surface area contributed by atoms with Gasteiger partial charge in [-0.25, -0.2) is 14.2 Å². The Morgan fingerprint density at radius 3 is 2.36 bits per heavy atom. The SMILES string of the molecule is CC(C)(C)OC(=O)N1C[C@H](F)C[C@H]1c1ncc(-c2ccc(B3OC(C)(C)C(C)(C)O3)cc2)[nH]1. The third kappa shape index (κ3) is 4.80. The van der Waals surface area contributed by atoms with E-state index in [9.17, 15) is 9.18 Å². The number of likely N-dealkylation sites (tertiary alicyclic amines) is 1. The second-order valence-electron chi connectivity index (χ2n) is 10.9. The minimum atomic E-state index is -1.12. The molecule has 1 amide bonds. The van der Waals surface area contributed by atoms with Gasteiger partial charge in [-0.2, -0.15) is 0 Å². The van der Waals surface area contributed by atoms with E-state index in [1.807, 2.05) is 52.0 Å². The summed E-state index contributed by atoms with van der Waals surface area (Å²) in [6, 6.07) is 7.38. The summed E-state index contributed by atoms with van der Waals surface area (Å²) in [5.41, 5.74) is 1.20. The van der Waals surface area contributed by atoms with Crippen molar-refractivity contribution >= 4 is 18.7 Å². The molecule has 2 aliphatic rings. The van der Waals surface area contributed by atoms with E-state index >= 15 is 0 Å². The zero-order valence-corrected chi connectivity index (χ0v) is 20.4. The molecule has 0 aliphatic carbocycles. The Kier molecular flexibility index (Phi) is 5.85. The summed E-state index contributed by atoms with van der Waals surface area (Å²) in [6.07, 6.45) is 0.248. The Balaban J connectivity index is 1.50. The molecule has 4 rings (SSSR count). The third-order valence-corrected chi connectivity index (χ3v) is 6.54. The van der Waals surface area contributed by atoms with Gasteiger partial charge in [0.15, 0.2) is 0 Å². The van der Waals surface area contributed by atoms with Gasteiger partial charge >= 0.3 is 13.2 Å². The topological polar surface area (TPSA) is 76.7 Å². The van der Waals surface area contributed by atoms with Crippen molar-refractivity contribution in [3.8, 4) is 11.3 Å². The Labute approximate surface area is 195 Å². The number of alkyl halides is 1. The second-order valence-corrected chi connectivity index (χ2v) is 10.9. The lowest BCUT2D eigenvalue weighted by Crippen LogP contribution is -2.41. The van der Waals surface area contributed by atoms with Crippen molar-refractivity contribution in [3.63, 3.8) is 0 Å². The first-order valence-corrected chi connectivity index (χ1v) is 11.4. The number of hydrogen-bond donors (Lipinski definition) is 1. The Hall–Kier alpha value is -2.39. The predicted molar refractivity (Wildman–Crippen MR) is 125 cm³/mol. The van der Waals surface area contributed by atoms with Gasteiger partial charge in [-0.05, 0) is 59.5 Å². The van der Waals surface area contributed by atoms with E-state index in [4.69, 9.17) is 14.0 Å². The fourth-order valence-corrected chi connectivity index (χ4v) is 4.02. The lowest BCUT2D eigenvalue weighted by atomic mass is 9.79. The van der Waals surface area contributed by atoms with Gasteiger partial charge < -0.3 is 19.0 Å². The van der Waals surface area contributed by atoms with Crippen molar-refractivity contribution in [1.29, 1.82) is 0 Å². The number of aromatic nitrogens is 2. The number of hydrogen-bond acceptors (Lipinski definition) is 5. The number of ether oxygens (including phenoxy) is 1. The number of imidazole rings is 1. The molecule has 0 spiro atoms. The summed E-state index contributed by atoms with van der Waals surface area (Å²) in [5.74, 6) is 0.547. The number of H-pyrrole nitrogens is 1. The van der Waals surface area contributed by atoms with Crippen LogP contribution < -0.4 is 5.46 Å².